The maximum absolute atomic E-state index is 11.2. The average Bonchev–Trinajstić information content (AvgIpc) is 2.45. The predicted octanol–water partition coefficient (Wildman–Crippen LogP) is 0.786. The van der Waals surface area contributed by atoms with Gasteiger partial charge in [-0.25, -0.2) is 0 Å². The first-order valence-electron chi connectivity index (χ1n) is 6.71. The van der Waals surface area contributed by atoms with Crippen LogP contribution in [-0.2, 0) is 10.1 Å². The second kappa shape index (κ2) is 6.93. The van der Waals surface area contributed by atoms with E-state index in [1.165, 1.54) is 6.07 Å². The molecule has 0 unspecified atom stereocenters. The zero-order chi connectivity index (χ0) is 16.2. The maximum atomic E-state index is 11.2. The Morgan fingerprint density at radius 1 is 1.05 bits per heavy atom. The minimum absolute atomic E-state index is 0.0770. The lowest BCUT2D eigenvalue weighted by molar-refractivity contribution is 0.293. The van der Waals surface area contributed by atoms with Crippen molar-refractivity contribution in [1.82, 2.24) is 5.32 Å². The second-order valence-electron chi connectivity index (χ2n) is 4.75. The Labute approximate surface area is 128 Å². The number of nitrogens with one attached hydrogen (secondary N) is 2. The summed E-state index contributed by atoms with van der Waals surface area (Å²) >= 11 is 0. The minimum atomic E-state index is -4.37. The van der Waals surface area contributed by atoms with Gasteiger partial charge >= 0.3 is 0 Å². The van der Waals surface area contributed by atoms with E-state index >= 15 is 0 Å². The lowest BCUT2D eigenvalue weighted by Crippen LogP contribution is -2.24. The van der Waals surface area contributed by atoms with Gasteiger partial charge in [0.25, 0.3) is 10.1 Å². The Hall–Kier alpha value is -1.87. The van der Waals surface area contributed by atoms with Crippen LogP contribution >= 0.6 is 0 Å². The smallest absolute Gasteiger partial charge is 0.294 e. The molecule has 0 fully saturated rings. The van der Waals surface area contributed by atoms with Gasteiger partial charge in [0.1, 0.15) is 5.75 Å². The molecule has 0 amide bonds. The molecule has 2 aromatic carbocycles. The summed E-state index contributed by atoms with van der Waals surface area (Å²) in [7, 11) is -4.37. The Balaban J connectivity index is 2.21. The highest BCUT2D eigenvalue weighted by Gasteiger charge is 2.13. The number of hydrogen-bond acceptors (Lipinski definition) is 6. The standard InChI is InChI=1S/C14H18N2O5S/c17-6-5-15-3-4-16-11-1-2-13-10(7-11)8-12(9-14(13)18)22(19,20)21/h1-2,7-9,15-18H,3-6H2,(H,19,20,21). The van der Waals surface area contributed by atoms with Gasteiger partial charge < -0.3 is 20.8 Å². The van der Waals surface area contributed by atoms with Crippen molar-refractivity contribution in [2.45, 2.75) is 4.90 Å². The lowest BCUT2D eigenvalue weighted by atomic mass is 10.1. The Kier molecular flexibility index (Phi) is 5.19. The third-order valence-electron chi connectivity index (χ3n) is 3.12. The Bertz CT molecular complexity index is 761. The topological polar surface area (TPSA) is 119 Å². The fraction of sp³-hybridized carbons (Fsp3) is 0.286. The van der Waals surface area contributed by atoms with Crippen LogP contribution in [0.2, 0.25) is 0 Å². The largest absolute Gasteiger partial charge is 0.507 e. The Morgan fingerprint density at radius 3 is 2.50 bits per heavy atom. The first kappa shape index (κ1) is 16.5. The van der Waals surface area contributed by atoms with Crippen LogP contribution in [0, 0.1) is 0 Å². The number of benzene rings is 2. The van der Waals surface area contributed by atoms with E-state index in [-0.39, 0.29) is 17.3 Å². The van der Waals surface area contributed by atoms with Gasteiger partial charge in [-0.1, -0.05) is 0 Å². The van der Waals surface area contributed by atoms with Crippen molar-refractivity contribution < 1.29 is 23.2 Å². The molecule has 0 aliphatic rings. The molecule has 0 saturated carbocycles. The van der Waals surface area contributed by atoms with Crippen LogP contribution in [0.5, 0.6) is 5.75 Å². The second-order valence-corrected chi connectivity index (χ2v) is 6.18. The van der Waals surface area contributed by atoms with Crippen LogP contribution < -0.4 is 10.6 Å². The highest BCUT2D eigenvalue weighted by Crippen LogP contribution is 2.30. The number of aliphatic hydroxyl groups is 1. The summed E-state index contributed by atoms with van der Waals surface area (Å²) in [5, 5.41) is 25.6. The van der Waals surface area contributed by atoms with Crippen molar-refractivity contribution in [2.24, 2.45) is 0 Å². The summed E-state index contributed by atoms with van der Waals surface area (Å²) in [5.74, 6) is -0.207. The molecular weight excluding hydrogens is 308 g/mol. The number of rotatable bonds is 7. The Morgan fingerprint density at radius 2 is 1.82 bits per heavy atom. The average molecular weight is 326 g/mol. The molecule has 0 spiro atoms. The molecule has 7 nitrogen and oxygen atoms in total. The van der Waals surface area contributed by atoms with E-state index in [0.717, 1.165) is 11.8 Å². The van der Waals surface area contributed by atoms with Crippen molar-refractivity contribution in [1.29, 1.82) is 0 Å². The number of fused-ring (bicyclic) bond motifs is 1. The molecule has 0 heterocycles. The van der Waals surface area contributed by atoms with Gasteiger partial charge in [0, 0.05) is 36.8 Å². The van der Waals surface area contributed by atoms with Crippen molar-refractivity contribution in [3.05, 3.63) is 30.3 Å². The first-order chi connectivity index (χ1) is 10.4. The monoisotopic (exact) mass is 326 g/mol. The lowest BCUT2D eigenvalue weighted by Gasteiger charge is -2.10. The van der Waals surface area contributed by atoms with Crippen LogP contribution in [0.3, 0.4) is 0 Å². The third kappa shape index (κ3) is 4.08. The van der Waals surface area contributed by atoms with Gasteiger partial charge in [-0.05, 0) is 29.7 Å². The predicted molar refractivity (Wildman–Crippen MR) is 83.9 cm³/mol. The van der Waals surface area contributed by atoms with Gasteiger partial charge in [0.05, 0.1) is 11.5 Å². The third-order valence-corrected chi connectivity index (χ3v) is 3.95. The van der Waals surface area contributed by atoms with Crippen LogP contribution in [0.25, 0.3) is 10.8 Å². The van der Waals surface area contributed by atoms with E-state index in [1.807, 2.05) is 0 Å². The van der Waals surface area contributed by atoms with Gasteiger partial charge in [0.15, 0.2) is 0 Å². The fourth-order valence-electron chi connectivity index (χ4n) is 2.08. The van der Waals surface area contributed by atoms with Crippen LogP contribution in [0.1, 0.15) is 0 Å². The molecule has 8 heteroatoms. The molecule has 0 bridgehead atoms. The summed E-state index contributed by atoms with van der Waals surface area (Å²) < 4.78 is 31.5. The summed E-state index contributed by atoms with van der Waals surface area (Å²) in [4.78, 5) is -0.348. The van der Waals surface area contributed by atoms with Gasteiger partial charge in [0.2, 0.25) is 0 Å². The van der Waals surface area contributed by atoms with E-state index in [4.69, 9.17) is 9.66 Å². The van der Waals surface area contributed by atoms with E-state index in [0.29, 0.717) is 30.4 Å². The normalized spacial score (nSPS) is 11.7. The van der Waals surface area contributed by atoms with Gasteiger partial charge in [-0.3, -0.25) is 4.55 Å². The quantitative estimate of drug-likeness (QED) is 0.377. The van der Waals surface area contributed by atoms with E-state index in [1.54, 1.807) is 18.2 Å². The molecule has 0 atom stereocenters. The minimum Gasteiger partial charge on any atom is -0.507 e. The first-order valence-corrected chi connectivity index (χ1v) is 8.15. The van der Waals surface area contributed by atoms with Crippen LogP contribution in [0.15, 0.2) is 35.2 Å². The summed E-state index contributed by atoms with van der Waals surface area (Å²) in [6.45, 7) is 1.88. The molecule has 120 valence electrons. The van der Waals surface area contributed by atoms with Crippen LogP contribution in [-0.4, -0.2) is 49.4 Å². The number of anilines is 1. The molecule has 0 radical (unpaired) electrons. The van der Waals surface area contributed by atoms with Crippen molar-refractivity contribution in [3.63, 3.8) is 0 Å². The van der Waals surface area contributed by atoms with Crippen molar-refractivity contribution in [3.8, 4) is 5.75 Å². The zero-order valence-electron chi connectivity index (χ0n) is 11.8. The van der Waals surface area contributed by atoms with Gasteiger partial charge in [-0.2, -0.15) is 8.42 Å². The molecule has 5 N–H and O–H groups in total. The van der Waals surface area contributed by atoms with Crippen molar-refractivity contribution in [2.75, 3.05) is 31.6 Å². The summed E-state index contributed by atoms with van der Waals surface area (Å²) in [6.07, 6.45) is 0. The van der Waals surface area contributed by atoms with E-state index in [9.17, 15) is 13.5 Å². The molecular formula is C14H18N2O5S. The molecule has 0 saturated heterocycles. The number of phenolic OH excluding ortho intramolecular Hbond substituents is 1. The fourth-order valence-corrected chi connectivity index (χ4v) is 2.62. The van der Waals surface area contributed by atoms with Gasteiger partial charge in [-0.15, -0.1) is 0 Å². The molecule has 0 aliphatic carbocycles. The maximum Gasteiger partial charge on any atom is 0.294 e. The molecule has 2 aromatic rings. The van der Waals surface area contributed by atoms with E-state index in [2.05, 4.69) is 10.6 Å². The highest BCUT2D eigenvalue weighted by atomic mass is 32.2. The number of aliphatic hydroxyl groups excluding tert-OH is 1. The number of hydrogen-bond donors (Lipinski definition) is 5. The van der Waals surface area contributed by atoms with Crippen molar-refractivity contribution >= 4 is 26.6 Å². The number of phenols is 1. The number of aromatic hydroxyl groups is 1. The zero-order valence-corrected chi connectivity index (χ0v) is 12.6. The molecule has 0 aliphatic heterocycles. The molecule has 2 rings (SSSR count). The SMILES string of the molecule is O=S(=O)(O)c1cc(O)c2ccc(NCCNCCO)cc2c1. The van der Waals surface area contributed by atoms with Crippen LogP contribution in [0.4, 0.5) is 5.69 Å². The van der Waals surface area contributed by atoms with E-state index < -0.39 is 10.1 Å². The summed E-state index contributed by atoms with van der Waals surface area (Å²) in [5.41, 5.74) is 0.755. The molecule has 0 aromatic heterocycles. The molecule has 22 heavy (non-hydrogen) atoms. The summed E-state index contributed by atoms with van der Waals surface area (Å²) in [6, 6.07) is 7.45. The highest BCUT2D eigenvalue weighted by molar-refractivity contribution is 7.85.